The summed E-state index contributed by atoms with van der Waals surface area (Å²) in [6, 6.07) is 2.06. The van der Waals surface area contributed by atoms with Gasteiger partial charge in [0.25, 0.3) is 0 Å². The lowest BCUT2D eigenvalue weighted by molar-refractivity contribution is 0.0884. The Hall–Kier alpha value is -1.20. The average molecular weight is 279 g/mol. The second-order valence-electron chi connectivity index (χ2n) is 5.85. The number of pyridine rings is 1. The van der Waals surface area contributed by atoms with Crippen LogP contribution in [0.5, 0.6) is 0 Å². The molecule has 0 aromatic carbocycles. The lowest BCUT2D eigenvalue weighted by Crippen LogP contribution is -2.37. The Morgan fingerprint density at radius 3 is 2.79 bits per heavy atom. The maximum atomic E-state index is 9.94. The summed E-state index contributed by atoms with van der Waals surface area (Å²) in [6.07, 6.45) is 3.20. The number of rotatable bonds is 4. The van der Waals surface area contributed by atoms with Gasteiger partial charge < -0.3 is 15.7 Å². The van der Waals surface area contributed by atoms with E-state index in [0.29, 0.717) is 11.5 Å². The number of likely N-dealkylation sites (N-methyl/N-ethyl adjacent to an activating group) is 1. The van der Waals surface area contributed by atoms with Crippen molar-refractivity contribution >= 4 is 23.0 Å². The number of aromatic nitrogens is 1. The number of hydrogen-bond acceptors (Lipinski definition) is 4. The third-order valence-electron chi connectivity index (χ3n) is 3.28. The quantitative estimate of drug-likeness (QED) is 0.816. The minimum atomic E-state index is -0.789. The molecule has 1 aromatic heterocycles. The number of hydrogen-bond donors (Lipinski definition) is 2. The molecule has 5 heteroatoms. The molecule has 1 aliphatic rings. The van der Waals surface area contributed by atoms with Crippen LogP contribution >= 0.6 is 12.2 Å². The number of aliphatic hydroxyl groups is 1. The van der Waals surface area contributed by atoms with Gasteiger partial charge in [0.1, 0.15) is 10.8 Å². The lowest BCUT2D eigenvalue weighted by atomic mass is 10.1. The summed E-state index contributed by atoms with van der Waals surface area (Å²) in [5, 5.41) is 9.94. The lowest BCUT2D eigenvalue weighted by Gasteiger charge is -2.28. The summed E-state index contributed by atoms with van der Waals surface area (Å²) in [7, 11) is 1.91. The van der Waals surface area contributed by atoms with Crippen molar-refractivity contribution in [1.82, 2.24) is 4.98 Å². The summed E-state index contributed by atoms with van der Waals surface area (Å²) < 4.78 is 0. The highest BCUT2D eigenvalue weighted by Crippen LogP contribution is 2.27. The highest BCUT2D eigenvalue weighted by atomic mass is 32.1. The molecule has 1 aliphatic carbocycles. The van der Waals surface area contributed by atoms with Crippen LogP contribution in [0.25, 0.3) is 0 Å². The van der Waals surface area contributed by atoms with Gasteiger partial charge in [-0.25, -0.2) is 4.98 Å². The summed E-state index contributed by atoms with van der Waals surface area (Å²) in [6.45, 7) is 4.03. The molecule has 0 atom stereocenters. The standard InChI is InChI=1S/C14H21N3OS/c1-14(2,18)8-17(3)13-10(12(15)19)7-9-5-4-6-11(9)16-13/h7,18H,4-6,8H2,1-3H3,(H2,15,19). The summed E-state index contributed by atoms with van der Waals surface area (Å²) in [5.41, 5.74) is 8.22. The van der Waals surface area contributed by atoms with Crippen LogP contribution in [0.3, 0.4) is 0 Å². The minimum Gasteiger partial charge on any atom is -0.389 e. The third-order valence-corrected chi connectivity index (χ3v) is 3.50. The molecule has 0 spiro atoms. The fraction of sp³-hybridized carbons (Fsp3) is 0.571. The molecule has 0 unspecified atom stereocenters. The van der Waals surface area contributed by atoms with Crippen molar-refractivity contribution in [3.8, 4) is 0 Å². The van der Waals surface area contributed by atoms with Crippen molar-refractivity contribution < 1.29 is 5.11 Å². The van der Waals surface area contributed by atoms with Crippen LogP contribution in [0.2, 0.25) is 0 Å². The maximum absolute atomic E-state index is 9.94. The van der Waals surface area contributed by atoms with Crippen LogP contribution in [0, 0.1) is 0 Å². The first-order valence-corrected chi connectivity index (χ1v) is 6.95. The molecule has 0 fully saturated rings. The van der Waals surface area contributed by atoms with Gasteiger partial charge >= 0.3 is 0 Å². The van der Waals surface area contributed by atoms with E-state index in [-0.39, 0.29) is 0 Å². The van der Waals surface area contributed by atoms with E-state index in [1.54, 1.807) is 13.8 Å². The van der Waals surface area contributed by atoms with Crippen LogP contribution in [-0.4, -0.2) is 34.3 Å². The average Bonchev–Trinajstić information content (AvgIpc) is 2.71. The maximum Gasteiger partial charge on any atom is 0.138 e. The van der Waals surface area contributed by atoms with E-state index in [4.69, 9.17) is 22.9 Å². The molecule has 104 valence electrons. The largest absolute Gasteiger partial charge is 0.389 e. The number of nitrogens with two attached hydrogens (primary N) is 1. The summed E-state index contributed by atoms with van der Waals surface area (Å²) >= 11 is 5.13. The SMILES string of the molecule is CN(CC(C)(C)O)c1nc2c(cc1C(N)=S)CCC2. The van der Waals surface area contributed by atoms with Gasteiger partial charge in [-0.3, -0.25) is 0 Å². The smallest absolute Gasteiger partial charge is 0.138 e. The fourth-order valence-electron chi connectivity index (χ4n) is 2.59. The molecule has 0 saturated heterocycles. The van der Waals surface area contributed by atoms with Crippen molar-refractivity contribution in [2.24, 2.45) is 5.73 Å². The third kappa shape index (κ3) is 3.22. The van der Waals surface area contributed by atoms with Crippen molar-refractivity contribution in [3.63, 3.8) is 0 Å². The van der Waals surface area contributed by atoms with Gasteiger partial charge in [-0.05, 0) is 44.7 Å². The van der Waals surface area contributed by atoms with Crippen LogP contribution in [0.15, 0.2) is 6.07 Å². The van der Waals surface area contributed by atoms with E-state index < -0.39 is 5.60 Å². The predicted molar refractivity (Wildman–Crippen MR) is 81.7 cm³/mol. The number of fused-ring (bicyclic) bond motifs is 1. The Morgan fingerprint density at radius 1 is 1.53 bits per heavy atom. The number of anilines is 1. The van der Waals surface area contributed by atoms with Crippen LogP contribution in [-0.2, 0) is 12.8 Å². The number of thiocarbonyl (C=S) groups is 1. The van der Waals surface area contributed by atoms with Crippen molar-refractivity contribution in [3.05, 3.63) is 22.9 Å². The monoisotopic (exact) mass is 279 g/mol. The highest BCUT2D eigenvalue weighted by Gasteiger charge is 2.23. The van der Waals surface area contributed by atoms with Gasteiger partial charge in [0.15, 0.2) is 0 Å². The van der Waals surface area contributed by atoms with E-state index in [2.05, 4.69) is 6.07 Å². The first kappa shape index (κ1) is 14.2. The molecular formula is C14H21N3OS. The Balaban J connectivity index is 2.40. The molecule has 0 bridgehead atoms. The minimum absolute atomic E-state index is 0.361. The van der Waals surface area contributed by atoms with Gasteiger partial charge in [-0.1, -0.05) is 12.2 Å². The first-order valence-electron chi connectivity index (χ1n) is 6.54. The normalized spacial score (nSPS) is 14.3. The highest BCUT2D eigenvalue weighted by molar-refractivity contribution is 7.80. The van der Waals surface area contributed by atoms with Crippen LogP contribution in [0.1, 0.15) is 37.1 Å². The first-order chi connectivity index (χ1) is 8.78. The second kappa shape index (κ2) is 5.06. The van der Waals surface area contributed by atoms with E-state index >= 15 is 0 Å². The van der Waals surface area contributed by atoms with Crippen molar-refractivity contribution in [2.75, 3.05) is 18.5 Å². The Bertz CT molecular complexity index is 508. The zero-order chi connectivity index (χ0) is 14.2. The zero-order valence-electron chi connectivity index (χ0n) is 11.7. The second-order valence-corrected chi connectivity index (χ2v) is 6.29. The molecule has 0 saturated carbocycles. The summed E-state index contributed by atoms with van der Waals surface area (Å²) in [4.78, 5) is 6.99. The fourth-order valence-corrected chi connectivity index (χ4v) is 2.74. The Kier molecular flexibility index (Phi) is 3.78. The Morgan fingerprint density at radius 2 is 2.21 bits per heavy atom. The number of aryl methyl sites for hydroxylation is 2. The van der Waals surface area contributed by atoms with E-state index in [9.17, 15) is 5.11 Å². The van der Waals surface area contributed by atoms with Gasteiger partial charge in [0, 0.05) is 19.3 Å². The summed E-state index contributed by atoms with van der Waals surface area (Å²) in [5.74, 6) is 0.773. The zero-order valence-corrected chi connectivity index (χ0v) is 12.5. The van der Waals surface area contributed by atoms with Crippen LogP contribution in [0.4, 0.5) is 5.82 Å². The van der Waals surface area contributed by atoms with Gasteiger partial charge in [-0.15, -0.1) is 0 Å². The van der Waals surface area contributed by atoms with Crippen molar-refractivity contribution in [1.29, 1.82) is 0 Å². The molecule has 0 amide bonds. The molecule has 19 heavy (non-hydrogen) atoms. The van der Waals surface area contributed by atoms with Gasteiger partial charge in [0.2, 0.25) is 0 Å². The molecule has 1 aromatic rings. The molecule has 1 heterocycles. The molecule has 4 nitrogen and oxygen atoms in total. The van der Waals surface area contributed by atoms with E-state index in [0.717, 1.165) is 36.3 Å². The van der Waals surface area contributed by atoms with Crippen LogP contribution < -0.4 is 10.6 Å². The molecular weight excluding hydrogens is 258 g/mol. The molecule has 0 aliphatic heterocycles. The van der Waals surface area contributed by atoms with E-state index in [1.807, 2.05) is 11.9 Å². The molecule has 0 radical (unpaired) electrons. The molecule has 3 N–H and O–H groups in total. The molecule has 2 rings (SSSR count). The van der Waals surface area contributed by atoms with E-state index in [1.165, 1.54) is 5.56 Å². The number of nitrogens with zero attached hydrogens (tertiary/aromatic N) is 2. The Labute approximate surface area is 119 Å². The van der Waals surface area contributed by atoms with Gasteiger partial charge in [0.05, 0.1) is 11.2 Å². The topological polar surface area (TPSA) is 62.4 Å². The van der Waals surface area contributed by atoms with Gasteiger partial charge in [-0.2, -0.15) is 0 Å². The van der Waals surface area contributed by atoms with Crippen molar-refractivity contribution in [2.45, 2.75) is 38.7 Å². The predicted octanol–water partition coefficient (Wildman–Crippen LogP) is 1.41.